The van der Waals surface area contributed by atoms with Crippen molar-refractivity contribution in [1.82, 2.24) is 0 Å². The van der Waals surface area contributed by atoms with Gasteiger partial charge in [-0.05, 0) is 36.8 Å². The number of ether oxygens (including phenoxy) is 1. The summed E-state index contributed by atoms with van der Waals surface area (Å²) in [6, 6.07) is 10.3. The zero-order valence-corrected chi connectivity index (χ0v) is 10.6. The van der Waals surface area contributed by atoms with E-state index in [2.05, 4.69) is 25.1 Å². The molecule has 1 aromatic carbocycles. The molecule has 0 N–H and O–H groups in total. The lowest BCUT2D eigenvalue weighted by Gasteiger charge is -2.27. The molecule has 2 aliphatic rings. The summed E-state index contributed by atoms with van der Waals surface area (Å²) < 4.78 is 6.13. The van der Waals surface area contributed by atoms with Crippen molar-refractivity contribution in [3.63, 3.8) is 0 Å². The number of carbonyl (C=O) groups excluding carboxylic acids is 1. The molecule has 0 bridgehead atoms. The van der Waals surface area contributed by atoms with Crippen LogP contribution in [0.1, 0.15) is 31.4 Å². The fourth-order valence-corrected chi connectivity index (χ4v) is 3.40. The number of rotatable bonds is 2. The molecule has 0 aromatic heterocycles. The molecule has 2 heteroatoms. The molecule has 1 aromatic rings. The standard InChI is InChI=1S/C16H18O2/c1-11-14-9-5-8-13(10-17)15(14)16(18-11)12-6-3-2-4-7-12/h2-4,6-8,10-11,14-16H,5,9H2,1H3/t11-,14+,15+,16-/m0/s1. The number of benzene rings is 1. The quantitative estimate of drug-likeness (QED) is 0.744. The Bertz CT molecular complexity index is 463. The van der Waals surface area contributed by atoms with Crippen molar-refractivity contribution in [3.8, 4) is 0 Å². The largest absolute Gasteiger partial charge is 0.370 e. The minimum absolute atomic E-state index is 0.0444. The molecule has 0 saturated carbocycles. The van der Waals surface area contributed by atoms with Crippen LogP contribution in [0.4, 0.5) is 0 Å². The maximum absolute atomic E-state index is 11.3. The highest BCUT2D eigenvalue weighted by molar-refractivity contribution is 5.75. The number of hydrogen-bond donors (Lipinski definition) is 0. The fraction of sp³-hybridized carbons (Fsp3) is 0.438. The van der Waals surface area contributed by atoms with Gasteiger partial charge in [-0.1, -0.05) is 36.4 Å². The number of aldehydes is 1. The lowest BCUT2D eigenvalue weighted by atomic mass is 9.74. The van der Waals surface area contributed by atoms with E-state index in [1.807, 2.05) is 18.2 Å². The van der Waals surface area contributed by atoms with Crippen molar-refractivity contribution in [1.29, 1.82) is 0 Å². The van der Waals surface area contributed by atoms with Gasteiger partial charge in [0, 0.05) is 5.92 Å². The molecule has 1 aliphatic carbocycles. The normalized spacial score (nSPS) is 34.8. The molecular formula is C16H18O2. The molecule has 0 spiro atoms. The summed E-state index contributed by atoms with van der Waals surface area (Å²) in [5, 5.41) is 0. The first-order chi connectivity index (χ1) is 8.81. The average molecular weight is 242 g/mol. The third-order valence-corrected chi connectivity index (χ3v) is 4.28. The predicted molar refractivity (Wildman–Crippen MR) is 70.1 cm³/mol. The van der Waals surface area contributed by atoms with Crippen LogP contribution >= 0.6 is 0 Å². The minimum atomic E-state index is 0.0444. The second-order valence-electron chi connectivity index (χ2n) is 5.26. The fourth-order valence-electron chi connectivity index (χ4n) is 3.40. The molecule has 1 saturated heterocycles. The summed E-state index contributed by atoms with van der Waals surface area (Å²) in [6.07, 6.45) is 5.53. The maximum Gasteiger partial charge on any atom is 0.146 e. The Hall–Kier alpha value is -1.41. The molecular weight excluding hydrogens is 224 g/mol. The van der Waals surface area contributed by atoms with Crippen molar-refractivity contribution in [3.05, 3.63) is 47.5 Å². The SMILES string of the molecule is C[C@@H]1O[C@@H](c2ccccc2)[C@@H]2C(C=O)=CCC[C@@H]21. The summed E-state index contributed by atoms with van der Waals surface area (Å²) >= 11 is 0. The van der Waals surface area contributed by atoms with Gasteiger partial charge in [0.25, 0.3) is 0 Å². The second-order valence-corrected chi connectivity index (χ2v) is 5.26. The summed E-state index contributed by atoms with van der Waals surface area (Å²) in [5.41, 5.74) is 2.12. The average Bonchev–Trinajstić information content (AvgIpc) is 2.77. The molecule has 3 rings (SSSR count). The van der Waals surface area contributed by atoms with E-state index in [-0.39, 0.29) is 18.1 Å². The molecule has 1 heterocycles. The molecule has 4 atom stereocenters. The number of fused-ring (bicyclic) bond motifs is 1. The van der Waals surface area contributed by atoms with E-state index in [0.29, 0.717) is 5.92 Å². The molecule has 1 fully saturated rings. The van der Waals surface area contributed by atoms with E-state index in [9.17, 15) is 4.79 Å². The Kier molecular flexibility index (Phi) is 3.04. The van der Waals surface area contributed by atoms with E-state index in [1.54, 1.807) is 0 Å². The van der Waals surface area contributed by atoms with E-state index in [1.165, 1.54) is 5.56 Å². The zero-order chi connectivity index (χ0) is 12.5. The van der Waals surface area contributed by atoms with E-state index >= 15 is 0 Å². The Morgan fingerprint density at radius 2 is 2.06 bits per heavy atom. The van der Waals surface area contributed by atoms with Gasteiger partial charge in [-0.15, -0.1) is 0 Å². The molecule has 0 amide bonds. The van der Waals surface area contributed by atoms with Gasteiger partial charge in [0.15, 0.2) is 0 Å². The van der Waals surface area contributed by atoms with Crippen LogP contribution in [0.25, 0.3) is 0 Å². The van der Waals surface area contributed by atoms with Crippen LogP contribution in [0.15, 0.2) is 42.0 Å². The minimum Gasteiger partial charge on any atom is -0.370 e. The van der Waals surface area contributed by atoms with E-state index in [0.717, 1.165) is 24.7 Å². The predicted octanol–water partition coefficient (Wildman–Crippen LogP) is 3.30. The topological polar surface area (TPSA) is 26.3 Å². The number of allylic oxidation sites excluding steroid dienone is 1. The summed E-state index contributed by atoms with van der Waals surface area (Å²) in [7, 11) is 0. The third-order valence-electron chi connectivity index (χ3n) is 4.28. The summed E-state index contributed by atoms with van der Waals surface area (Å²) in [5.74, 6) is 0.731. The number of carbonyl (C=O) groups is 1. The molecule has 0 unspecified atom stereocenters. The van der Waals surface area contributed by atoms with Crippen molar-refractivity contribution in [2.75, 3.05) is 0 Å². The molecule has 94 valence electrons. The lowest BCUT2D eigenvalue weighted by Crippen LogP contribution is -2.24. The molecule has 18 heavy (non-hydrogen) atoms. The van der Waals surface area contributed by atoms with Crippen LogP contribution in [-0.4, -0.2) is 12.4 Å². The Balaban J connectivity index is 1.98. The zero-order valence-electron chi connectivity index (χ0n) is 10.6. The molecule has 2 nitrogen and oxygen atoms in total. The van der Waals surface area contributed by atoms with Gasteiger partial charge in [0.2, 0.25) is 0 Å². The highest BCUT2D eigenvalue weighted by Crippen LogP contribution is 2.49. The first kappa shape index (κ1) is 11.7. The maximum atomic E-state index is 11.3. The Morgan fingerprint density at radius 1 is 1.28 bits per heavy atom. The van der Waals surface area contributed by atoms with Crippen LogP contribution in [0.5, 0.6) is 0 Å². The Morgan fingerprint density at radius 3 is 2.78 bits per heavy atom. The lowest BCUT2D eigenvalue weighted by molar-refractivity contribution is -0.105. The van der Waals surface area contributed by atoms with Crippen LogP contribution in [0.3, 0.4) is 0 Å². The first-order valence-electron chi connectivity index (χ1n) is 6.67. The van der Waals surface area contributed by atoms with Gasteiger partial charge in [0.05, 0.1) is 12.2 Å². The first-order valence-corrected chi connectivity index (χ1v) is 6.67. The van der Waals surface area contributed by atoms with Crippen molar-refractivity contribution in [2.45, 2.75) is 32.0 Å². The number of hydrogen-bond acceptors (Lipinski definition) is 2. The Labute approximate surface area is 108 Å². The molecule has 1 aliphatic heterocycles. The van der Waals surface area contributed by atoms with Gasteiger partial charge < -0.3 is 4.74 Å². The van der Waals surface area contributed by atoms with Gasteiger partial charge >= 0.3 is 0 Å². The van der Waals surface area contributed by atoms with Crippen LogP contribution in [0.2, 0.25) is 0 Å². The van der Waals surface area contributed by atoms with Crippen molar-refractivity contribution < 1.29 is 9.53 Å². The van der Waals surface area contributed by atoms with Crippen LogP contribution < -0.4 is 0 Å². The highest BCUT2D eigenvalue weighted by atomic mass is 16.5. The van der Waals surface area contributed by atoms with E-state index in [4.69, 9.17) is 4.74 Å². The van der Waals surface area contributed by atoms with E-state index < -0.39 is 0 Å². The van der Waals surface area contributed by atoms with Gasteiger partial charge in [0.1, 0.15) is 6.29 Å². The summed E-state index contributed by atoms with van der Waals surface area (Å²) in [4.78, 5) is 11.3. The monoisotopic (exact) mass is 242 g/mol. The second kappa shape index (κ2) is 4.69. The van der Waals surface area contributed by atoms with Crippen molar-refractivity contribution in [2.24, 2.45) is 11.8 Å². The van der Waals surface area contributed by atoms with Gasteiger partial charge in [-0.25, -0.2) is 0 Å². The van der Waals surface area contributed by atoms with Crippen LogP contribution in [-0.2, 0) is 9.53 Å². The summed E-state index contributed by atoms with van der Waals surface area (Å²) in [6.45, 7) is 2.13. The van der Waals surface area contributed by atoms with Gasteiger partial charge in [-0.2, -0.15) is 0 Å². The van der Waals surface area contributed by atoms with Gasteiger partial charge in [-0.3, -0.25) is 4.79 Å². The van der Waals surface area contributed by atoms with Crippen LogP contribution in [0, 0.1) is 11.8 Å². The smallest absolute Gasteiger partial charge is 0.146 e. The van der Waals surface area contributed by atoms with Crippen molar-refractivity contribution >= 4 is 6.29 Å². The highest BCUT2D eigenvalue weighted by Gasteiger charge is 2.45. The molecule has 0 radical (unpaired) electrons. The third kappa shape index (κ3) is 1.81.